The maximum Gasteiger partial charge on any atom is 0.251 e. The standard InChI is InChI=1S/C13H18N2O8/c16-4-13(5-17,6-18)15-10(21)3-14-12(23)7-1-8(19)11(22)9(20)2-7/h1-2,16-20,22H,3-6H2,(H,14,23)(H,15,21). The average molecular weight is 330 g/mol. The van der Waals surface area contributed by atoms with Gasteiger partial charge in [-0.25, -0.2) is 0 Å². The number of amides is 2. The molecule has 0 bridgehead atoms. The molecule has 10 nitrogen and oxygen atoms in total. The zero-order valence-electron chi connectivity index (χ0n) is 12.0. The minimum atomic E-state index is -1.61. The summed E-state index contributed by atoms with van der Waals surface area (Å²) >= 11 is 0. The molecule has 0 fully saturated rings. The van der Waals surface area contributed by atoms with Crippen molar-refractivity contribution < 1.29 is 40.2 Å². The molecular formula is C13H18N2O8. The summed E-state index contributed by atoms with van der Waals surface area (Å²) in [5, 5.41) is 59.3. The monoisotopic (exact) mass is 330 g/mol. The highest BCUT2D eigenvalue weighted by Gasteiger charge is 2.29. The first-order valence-electron chi connectivity index (χ1n) is 6.45. The number of carbonyl (C=O) groups is 2. The van der Waals surface area contributed by atoms with Gasteiger partial charge in [-0.15, -0.1) is 0 Å². The van der Waals surface area contributed by atoms with Crippen LogP contribution < -0.4 is 10.6 Å². The lowest BCUT2D eigenvalue weighted by Crippen LogP contribution is -2.58. The van der Waals surface area contributed by atoms with Gasteiger partial charge in [-0.2, -0.15) is 0 Å². The average Bonchev–Trinajstić information content (AvgIpc) is 2.55. The van der Waals surface area contributed by atoms with Gasteiger partial charge in [0.25, 0.3) is 5.91 Å². The number of phenolic OH excluding ortho intramolecular Hbond substituents is 3. The molecular weight excluding hydrogens is 312 g/mol. The second-order valence-corrected chi connectivity index (χ2v) is 4.85. The fourth-order valence-electron chi connectivity index (χ4n) is 1.61. The lowest BCUT2D eigenvalue weighted by atomic mass is 10.0. The van der Waals surface area contributed by atoms with Crippen molar-refractivity contribution in [2.75, 3.05) is 26.4 Å². The molecule has 2 amide bonds. The van der Waals surface area contributed by atoms with Crippen LogP contribution in [0.4, 0.5) is 0 Å². The number of benzene rings is 1. The van der Waals surface area contributed by atoms with Crippen LogP contribution in [0, 0.1) is 0 Å². The fraction of sp³-hybridized carbons (Fsp3) is 0.385. The molecule has 0 aromatic heterocycles. The Labute approximate surface area is 130 Å². The molecule has 0 unspecified atom stereocenters. The first kappa shape index (κ1) is 18.5. The van der Waals surface area contributed by atoms with E-state index >= 15 is 0 Å². The number of phenols is 3. The molecule has 0 atom stereocenters. The molecule has 1 rings (SSSR count). The van der Waals surface area contributed by atoms with Gasteiger partial charge in [0, 0.05) is 5.56 Å². The van der Waals surface area contributed by atoms with Crippen LogP contribution in [0.25, 0.3) is 0 Å². The lowest BCUT2D eigenvalue weighted by molar-refractivity contribution is -0.124. The van der Waals surface area contributed by atoms with Crippen LogP contribution in [-0.2, 0) is 4.79 Å². The molecule has 128 valence electrons. The Hall–Kier alpha value is -2.56. The topological polar surface area (TPSA) is 180 Å². The largest absolute Gasteiger partial charge is 0.504 e. The fourth-order valence-corrected chi connectivity index (χ4v) is 1.61. The normalized spacial score (nSPS) is 11.1. The number of aromatic hydroxyl groups is 3. The van der Waals surface area contributed by atoms with Gasteiger partial charge in [0.05, 0.1) is 26.4 Å². The quantitative estimate of drug-likeness (QED) is 0.250. The van der Waals surface area contributed by atoms with Crippen LogP contribution in [0.1, 0.15) is 10.4 Å². The molecule has 1 aromatic carbocycles. The molecule has 0 aliphatic rings. The minimum absolute atomic E-state index is 0.205. The number of aliphatic hydroxyl groups excluding tert-OH is 3. The Morgan fingerprint density at radius 3 is 1.87 bits per heavy atom. The Kier molecular flexibility index (Phi) is 6.13. The highest BCUT2D eigenvalue weighted by molar-refractivity contribution is 5.97. The zero-order chi connectivity index (χ0) is 17.6. The van der Waals surface area contributed by atoms with Crippen molar-refractivity contribution >= 4 is 11.8 Å². The third-order valence-electron chi connectivity index (χ3n) is 3.05. The maximum absolute atomic E-state index is 11.8. The predicted octanol–water partition coefficient (Wildman–Crippen LogP) is -2.63. The SMILES string of the molecule is O=C(CNC(=O)c1cc(O)c(O)c(O)c1)NC(CO)(CO)CO. The van der Waals surface area contributed by atoms with Crippen LogP contribution in [0.5, 0.6) is 17.2 Å². The van der Waals surface area contributed by atoms with Gasteiger partial charge >= 0.3 is 0 Å². The van der Waals surface area contributed by atoms with Crippen LogP contribution in [-0.4, -0.2) is 74.4 Å². The second kappa shape index (κ2) is 7.63. The molecule has 0 saturated carbocycles. The van der Waals surface area contributed by atoms with E-state index in [0.29, 0.717) is 0 Å². The van der Waals surface area contributed by atoms with Crippen molar-refractivity contribution in [3.05, 3.63) is 17.7 Å². The van der Waals surface area contributed by atoms with Gasteiger partial charge in [0.15, 0.2) is 17.2 Å². The molecule has 8 N–H and O–H groups in total. The number of rotatable bonds is 7. The summed E-state index contributed by atoms with van der Waals surface area (Å²) in [6.07, 6.45) is 0. The van der Waals surface area contributed by atoms with E-state index in [1.807, 2.05) is 0 Å². The lowest BCUT2D eigenvalue weighted by Gasteiger charge is -2.28. The highest BCUT2D eigenvalue weighted by Crippen LogP contribution is 2.35. The molecule has 0 aliphatic heterocycles. The second-order valence-electron chi connectivity index (χ2n) is 4.85. The number of nitrogens with one attached hydrogen (secondary N) is 2. The van der Waals surface area contributed by atoms with Crippen LogP contribution >= 0.6 is 0 Å². The van der Waals surface area contributed by atoms with E-state index in [-0.39, 0.29) is 5.56 Å². The van der Waals surface area contributed by atoms with E-state index in [4.69, 9.17) is 15.3 Å². The van der Waals surface area contributed by atoms with Gasteiger partial charge in [0.2, 0.25) is 5.91 Å². The first-order chi connectivity index (χ1) is 10.8. The van der Waals surface area contributed by atoms with Gasteiger partial charge in [-0.3, -0.25) is 9.59 Å². The summed E-state index contributed by atoms with van der Waals surface area (Å²) in [7, 11) is 0. The van der Waals surface area contributed by atoms with Gasteiger partial charge < -0.3 is 41.3 Å². The summed E-state index contributed by atoms with van der Waals surface area (Å²) in [6.45, 7) is -2.68. The van der Waals surface area contributed by atoms with Crippen molar-refractivity contribution in [1.82, 2.24) is 10.6 Å². The summed E-state index contributed by atoms with van der Waals surface area (Å²) < 4.78 is 0. The van der Waals surface area contributed by atoms with E-state index in [9.17, 15) is 24.9 Å². The number of carbonyl (C=O) groups excluding carboxylic acids is 2. The highest BCUT2D eigenvalue weighted by atomic mass is 16.3. The summed E-state index contributed by atoms with van der Waals surface area (Å²) in [6, 6.07) is 1.78. The Morgan fingerprint density at radius 2 is 1.43 bits per heavy atom. The minimum Gasteiger partial charge on any atom is -0.504 e. The predicted molar refractivity (Wildman–Crippen MR) is 75.9 cm³/mol. The number of hydrogen-bond donors (Lipinski definition) is 8. The maximum atomic E-state index is 11.8. The molecule has 10 heteroatoms. The summed E-state index contributed by atoms with van der Waals surface area (Å²) in [5.41, 5.74) is -1.82. The first-order valence-corrected chi connectivity index (χ1v) is 6.45. The Balaban J connectivity index is 2.68. The van der Waals surface area contributed by atoms with Gasteiger partial charge in [-0.05, 0) is 12.1 Å². The molecule has 0 spiro atoms. The molecule has 0 aliphatic carbocycles. The van der Waals surface area contributed by atoms with E-state index in [2.05, 4.69) is 10.6 Å². The van der Waals surface area contributed by atoms with Gasteiger partial charge in [-0.1, -0.05) is 0 Å². The van der Waals surface area contributed by atoms with Crippen molar-refractivity contribution in [2.24, 2.45) is 0 Å². The van der Waals surface area contributed by atoms with Crippen molar-refractivity contribution in [2.45, 2.75) is 5.54 Å². The third kappa shape index (κ3) is 4.45. The van der Waals surface area contributed by atoms with Crippen LogP contribution in [0.3, 0.4) is 0 Å². The molecule has 0 heterocycles. The Morgan fingerprint density at radius 1 is 0.957 bits per heavy atom. The molecule has 0 radical (unpaired) electrons. The smallest absolute Gasteiger partial charge is 0.251 e. The zero-order valence-corrected chi connectivity index (χ0v) is 12.0. The number of aliphatic hydroxyl groups is 3. The van der Waals surface area contributed by atoms with Crippen LogP contribution in [0.15, 0.2) is 12.1 Å². The van der Waals surface area contributed by atoms with Crippen molar-refractivity contribution in [3.8, 4) is 17.2 Å². The molecule has 23 heavy (non-hydrogen) atoms. The third-order valence-corrected chi connectivity index (χ3v) is 3.05. The van der Waals surface area contributed by atoms with E-state index in [1.165, 1.54) is 0 Å². The Bertz CT molecular complexity index is 554. The van der Waals surface area contributed by atoms with Crippen LogP contribution in [0.2, 0.25) is 0 Å². The number of hydrogen-bond acceptors (Lipinski definition) is 8. The van der Waals surface area contributed by atoms with E-state index in [0.717, 1.165) is 12.1 Å². The summed E-state index contributed by atoms with van der Waals surface area (Å²) in [5.74, 6) is -3.81. The van der Waals surface area contributed by atoms with Gasteiger partial charge in [0.1, 0.15) is 5.54 Å². The van der Waals surface area contributed by atoms with E-state index < -0.39 is 61.0 Å². The van der Waals surface area contributed by atoms with Crippen molar-refractivity contribution in [3.63, 3.8) is 0 Å². The summed E-state index contributed by atoms with van der Waals surface area (Å²) in [4.78, 5) is 23.5. The molecule has 0 saturated heterocycles. The molecule has 1 aromatic rings. The van der Waals surface area contributed by atoms with Crippen molar-refractivity contribution in [1.29, 1.82) is 0 Å². The van der Waals surface area contributed by atoms with E-state index in [1.54, 1.807) is 0 Å².